The summed E-state index contributed by atoms with van der Waals surface area (Å²) in [6, 6.07) is 6.37. The Morgan fingerprint density at radius 2 is 1.94 bits per heavy atom. The number of aryl methyl sites for hydroxylation is 2. The summed E-state index contributed by atoms with van der Waals surface area (Å²) in [4.78, 5) is 24.3. The third-order valence-electron chi connectivity index (χ3n) is 8.35. The van der Waals surface area contributed by atoms with Gasteiger partial charge in [0.1, 0.15) is 0 Å². The van der Waals surface area contributed by atoms with Gasteiger partial charge in [0.05, 0.1) is 24.2 Å². The Bertz CT molecular complexity index is 904. The van der Waals surface area contributed by atoms with Crippen LogP contribution in [0.2, 0.25) is 0 Å². The molecule has 32 heavy (non-hydrogen) atoms. The van der Waals surface area contributed by atoms with Crippen LogP contribution in [0.25, 0.3) is 0 Å². The Morgan fingerprint density at radius 3 is 2.59 bits per heavy atom. The molecule has 4 aliphatic rings. The summed E-state index contributed by atoms with van der Waals surface area (Å²) in [5.74, 6) is 0.443. The number of nitrogens with one attached hydrogen (secondary N) is 2. The lowest BCUT2D eigenvalue weighted by Gasteiger charge is -2.64. The van der Waals surface area contributed by atoms with Gasteiger partial charge in [-0.2, -0.15) is 0 Å². The Morgan fingerprint density at radius 1 is 1.19 bits per heavy atom. The lowest BCUT2D eigenvalue weighted by Crippen LogP contribution is -2.65. The molecule has 3 aliphatic carbocycles. The standard InChI is InChI=1S/C25H37BN2O4/c1-7-22(29)27-14-23(30)28-21(11-17-9-8-15(2)10-16(17)3)26-31-20-13-18-12-19(24(18,4)5)25(20,6)32-26/h8-10,18-21H,7,11-14H2,1-6H3,(H,27,29)(H,28,30)/t18-,19-,20+,21-,25-/m0/s1. The van der Waals surface area contributed by atoms with E-state index in [-0.39, 0.29) is 41.4 Å². The number of benzene rings is 1. The average molecular weight is 440 g/mol. The topological polar surface area (TPSA) is 76.7 Å². The molecule has 2 N–H and O–H groups in total. The van der Waals surface area contributed by atoms with Crippen molar-refractivity contribution in [3.05, 3.63) is 34.9 Å². The minimum absolute atomic E-state index is 0.0405. The first-order valence-electron chi connectivity index (χ1n) is 12.0. The average Bonchev–Trinajstić information content (AvgIpc) is 3.10. The van der Waals surface area contributed by atoms with Crippen molar-refractivity contribution in [2.75, 3.05) is 6.54 Å². The molecule has 4 fully saturated rings. The predicted molar refractivity (Wildman–Crippen MR) is 125 cm³/mol. The molecule has 174 valence electrons. The highest BCUT2D eigenvalue weighted by atomic mass is 16.7. The van der Waals surface area contributed by atoms with E-state index >= 15 is 0 Å². The molecule has 7 heteroatoms. The molecule has 1 aromatic carbocycles. The van der Waals surface area contributed by atoms with Gasteiger partial charge in [0.25, 0.3) is 0 Å². The Kier molecular flexibility index (Phi) is 6.18. The largest absolute Gasteiger partial charge is 0.482 e. The molecular formula is C25H37BN2O4. The molecule has 0 spiro atoms. The van der Waals surface area contributed by atoms with Gasteiger partial charge in [0.2, 0.25) is 11.8 Å². The highest BCUT2D eigenvalue weighted by molar-refractivity contribution is 6.48. The van der Waals surface area contributed by atoms with Crippen LogP contribution in [0.15, 0.2) is 18.2 Å². The first kappa shape index (κ1) is 23.3. The van der Waals surface area contributed by atoms with Gasteiger partial charge in [-0.1, -0.05) is 44.5 Å². The van der Waals surface area contributed by atoms with Crippen LogP contribution in [0.5, 0.6) is 0 Å². The van der Waals surface area contributed by atoms with Crippen molar-refractivity contribution in [3.8, 4) is 0 Å². The van der Waals surface area contributed by atoms with Crippen molar-refractivity contribution in [1.29, 1.82) is 0 Å². The highest BCUT2D eigenvalue weighted by Crippen LogP contribution is 2.65. The molecule has 0 unspecified atom stereocenters. The van der Waals surface area contributed by atoms with Crippen LogP contribution in [-0.2, 0) is 25.3 Å². The second-order valence-corrected chi connectivity index (χ2v) is 10.8. The number of hydrogen-bond acceptors (Lipinski definition) is 4. The van der Waals surface area contributed by atoms with Gasteiger partial charge in [-0.05, 0) is 68.4 Å². The second-order valence-electron chi connectivity index (χ2n) is 10.8. The van der Waals surface area contributed by atoms with Crippen LogP contribution in [0, 0.1) is 31.1 Å². The minimum Gasteiger partial charge on any atom is -0.404 e. The molecule has 1 saturated heterocycles. The number of amides is 2. The molecule has 2 bridgehead atoms. The normalized spacial score (nSPS) is 30.8. The zero-order valence-electron chi connectivity index (χ0n) is 20.3. The molecule has 3 saturated carbocycles. The van der Waals surface area contributed by atoms with E-state index in [4.69, 9.17) is 9.31 Å². The van der Waals surface area contributed by atoms with Crippen molar-refractivity contribution >= 4 is 18.9 Å². The van der Waals surface area contributed by atoms with E-state index in [0.717, 1.165) is 12.0 Å². The van der Waals surface area contributed by atoms with Crippen LogP contribution >= 0.6 is 0 Å². The van der Waals surface area contributed by atoms with Crippen LogP contribution in [0.1, 0.15) is 63.6 Å². The number of hydrogen-bond donors (Lipinski definition) is 2. The zero-order chi connectivity index (χ0) is 23.3. The Labute approximate surface area is 192 Å². The van der Waals surface area contributed by atoms with Crippen LogP contribution in [0.4, 0.5) is 0 Å². The fourth-order valence-corrected chi connectivity index (χ4v) is 6.16. The minimum atomic E-state index is -0.508. The van der Waals surface area contributed by atoms with Gasteiger partial charge in [-0.3, -0.25) is 9.59 Å². The van der Waals surface area contributed by atoms with E-state index in [1.165, 1.54) is 17.5 Å². The van der Waals surface area contributed by atoms with Gasteiger partial charge >= 0.3 is 7.12 Å². The Hall–Kier alpha value is -1.86. The SMILES string of the molecule is CCC(=O)NCC(=O)N[C@@H](Cc1ccc(C)cc1C)B1O[C@@H]2C[C@@H]3C[C@@H](C3(C)C)[C@]2(C)O1. The lowest BCUT2D eigenvalue weighted by molar-refractivity contribution is -0.199. The van der Waals surface area contributed by atoms with Crippen LogP contribution in [0.3, 0.4) is 0 Å². The summed E-state index contributed by atoms with van der Waals surface area (Å²) < 4.78 is 13.1. The van der Waals surface area contributed by atoms with E-state index in [9.17, 15) is 9.59 Å². The quantitative estimate of drug-likeness (QED) is 0.639. The summed E-state index contributed by atoms with van der Waals surface area (Å²) in [5, 5.41) is 5.76. The molecular weight excluding hydrogens is 403 g/mol. The van der Waals surface area contributed by atoms with Gasteiger partial charge in [0.15, 0.2) is 0 Å². The van der Waals surface area contributed by atoms with E-state index in [0.29, 0.717) is 24.7 Å². The summed E-state index contributed by atoms with van der Waals surface area (Å²) in [6.45, 7) is 12.8. The number of carbonyl (C=O) groups is 2. The van der Waals surface area contributed by atoms with Crippen molar-refractivity contribution in [3.63, 3.8) is 0 Å². The van der Waals surface area contributed by atoms with E-state index < -0.39 is 7.12 Å². The summed E-state index contributed by atoms with van der Waals surface area (Å²) in [5.41, 5.74) is 3.50. The van der Waals surface area contributed by atoms with Gasteiger partial charge < -0.3 is 19.9 Å². The maximum absolute atomic E-state index is 12.7. The molecule has 1 aromatic rings. The van der Waals surface area contributed by atoms with Gasteiger partial charge in [-0.25, -0.2) is 0 Å². The third kappa shape index (κ3) is 4.10. The monoisotopic (exact) mass is 440 g/mol. The number of carbonyl (C=O) groups excluding carboxylic acids is 2. The van der Waals surface area contributed by atoms with E-state index in [2.05, 4.69) is 63.5 Å². The van der Waals surface area contributed by atoms with Crippen molar-refractivity contribution in [1.82, 2.24) is 10.6 Å². The predicted octanol–water partition coefficient (Wildman–Crippen LogP) is 3.12. The van der Waals surface area contributed by atoms with Crippen molar-refractivity contribution < 1.29 is 18.9 Å². The fourth-order valence-electron chi connectivity index (χ4n) is 6.16. The maximum atomic E-state index is 12.7. The first-order valence-corrected chi connectivity index (χ1v) is 12.0. The molecule has 0 radical (unpaired) electrons. The van der Waals surface area contributed by atoms with E-state index in [1.807, 2.05) is 0 Å². The van der Waals surface area contributed by atoms with Gasteiger partial charge in [0, 0.05) is 6.42 Å². The smallest absolute Gasteiger partial charge is 0.404 e. The van der Waals surface area contributed by atoms with E-state index in [1.54, 1.807) is 6.92 Å². The van der Waals surface area contributed by atoms with Gasteiger partial charge in [-0.15, -0.1) is 0 Å². The third-order valence-corrected chi connectivity index (χ3v) is 8.35. The summed E-state index contributed by atoms with van der Waals surface area (Å²) in [7, 11) is -0.508. The molecule has 6 nitrogen and oxygen atoms in total. The number of rotatable bonds is 7. The Balaban J connectivity index is 1.52. The first-order chi connectivity index (χ1) is 15.0. The lowest BCUT2D eigenvalue weighted by atomic mass is 9.43. The summed E-state index contributed by atoms with van der Waals surface area (Å²) in [6.07, 6.45) is 3.22. The fraction of sp³-hybridized carbons (Fsp3) is 0.680. The van der Waals surface area contributed by atoms with Crippen molar-refractivity contribution in [2.45, 2.75) is 84.9 Å². The molecule has 5 atom stereocenters. The van der Waals surface area contributed by atoms with Crippen LogP contribution < -0.4 is 10.6 Å². The molecule has 0 aromatic heterocycles. The second kappa shape index (κ2) is 8.49. The van der Waals surface area contributed by atoms with Crippen LogP contribution in [-0.4, -0.2) is 43.1 Å². The molecule has 1 aliphatic heterocycles. The zero-order valence-corrected chi connectivity index (χ0v) is 20.3. The molecule has 5 rings (SSSR count). The maximum Gasteiger partial charge on any atom is 0.482 e. The molecule has 2 amide bonds. The highest BCUT2D eigenvalue weighted by Gasteiger charge is 2.68. The van der Waals surface area contributed by atoms with Crippen molar-refractivity contribution in [2.24, 2.45) is 17.3 Å². The molecule has 1 heterocycles. The summed E-state index contributed by atoms with van der Waals surface area (Å²) >= 11 is 0.